The normalized spacial score (nSPS) is 10.3. The zero-order valence-corrected chi connectivity index (χ0v) is 16.3. The molecule has 0 aliphatic rings. The highest BCUT2D eigenvalue weighted by Crippen LogP contribution is 2.34. The van der Waals surface area contributed by atoms with Gasteiger partial charge in [0.1, 0.15) is 0 Å². The minimum absolute atomic E-state index is 0.0659. The van der Waals surface area contributed by atoms with Gasteiger partial charge in [-0.2, -0.15) is 11.8 Å². The number of hydrogen-bond donors (Lipinski definition) is 1. The molecule has 27 heavy (non-hydrogen) atoms. The van der Waals surface area contributed by atoms with Gasteiger partial charge in [-0.15, -0.1) is 0 Å². The predicted octanol–water partition coefficient (Wildman–Crippen LogP) is 3.45. The van der Waals surface area contributed by atoms with E-state index in [2.05, 4.69) is 5.32 Å². The van der Waals surface area contributed by atoms with Crippen molar-refractivity contribution in [3.63, 3.8) is 0 Å². The SMILES string of the molecule is COc1cc(CCNC(=O)c2cccc(CSC)c2)c([N+](=O)[O-])cc1OC. The van der Waals surface area contributed by atoms with Crippen LogP contribution in [-0.2, 0) is 12.2 Å². The first kappa shape index (κ1) is 20.6. The van der Waals surface area contributed by atoms with Gasteiger partial charge in [-0.05, 0) is 36.4 Å². The fourth-order valence-electron chi connectivity index (χ4n) is 2.66. The van der Waals surface area contributed by atoms with Crippen LogP contribution in [0, 0.1) is 10.1 Å². The molecule has 0 saturated carbocycles. The number of nitro benzene ring substituents is 1. The third-order valence-electron chi connectivity index (χ3n) is 3.96. The van der Waals surface area contributed by atoms with Gasteiger partial charge in [0.15, 0.2) is 11.5 Å². The van der Waals surface area contributed by atoms with E-state index in [1.54, 1.807) is 23.9 Å². The van der Waals surface area contributed by atoms with Gasteiger partial charge in [0.25, 0.3) is 11.6 Å². The molecule has 8 heteroatoms. The number of nitrogens with zero attached hydrogens (tertiary/aromatic N) is 1. The summed E-state index contributed by atoms with van der Waals surface area (Å²) in [5.74, 6) is 1.33. The summed E-state index contributed by atoms with van der Waals surface area (Å²) in [6.07, 6.45) is 2.30. The Morgan fingerprint density at radius 2 is 1.89 bits per heavy atom. The number of amides is 1. The number of benzene rings is 2. The van der Waals surface area contributed by atoms with Gasteiger partial charge in [0, 0.05) is 23.4 Å². The Morgan fingerprint density at radius 1 is 1.19 bits per heavy atom. The second-order valence-electron chi connectivity index (χ2n) is 5.73. The Bertz CT molecular complexity index is 826. The maximum absolute atomic E-state index is 12.3. The van der Waals surface area contributed by atoms with E-state index in [9.17, 15) is 14.9 Å². The maximum Gasteiger partial charge on any atom is 0.276 e. The highest BCUT2D eigenvalue weighted by atomic mass is 32.2. The van der Waals surface area contributed by atoms with Crippen molar-refractivity contribution in [1.29, 1.82) is 0 Å². The highest BCUT2D eigenvalue weighted by molar-refractivity contribution is 7.97. The number of thioether (sulfide) groups is 1. The lowest BCUT2D eigenvalue weighted by atomic mass is 10.1. The lowest BCUT2D eigenvalue weighted by Crippen LogP contribution is -2.26. The summed E-state index contributed by atoms with van der Waals surface area (Å²) < 4.78 is 10.3. The molecule has 0 saturated heterocycles. The van der Waals surface area contributed by atoms with Crippen molar-refractivity contribution >= 4 is 23.4 Å². The minimum atomic E-state index is -0.467. The summed E-state index contributed by atoms with van der Waals surface area (Å²) in [4.78, 5) is 23.2. The molecule has 2 rings (SSSR count). The Kier molecular flexibility index (Phi) is 7.48. The average Bonchev–Trinajstić information content (AvgIpc) is 2.67. The van der Waals surface area contributed by atoms with Crippen molar-refractivity contribution < 1.29 is 19.2 Å². The predicted molar refractivity (Wildman–Crippen MR) is 106 cm³/mol. The molecule has 144 valence electrons. The van der Waals surface area contributed by atoms with Crippen molar-refractivity contribution in [2.24, 2.45) is 0 Å². The lowest BCUT2D eigenvalue weighted by Gasteiger charge is -2.11. The molecule has 0 radical (unpaired) electrons. The Labute approximate surface area is 162 Å². The fourth-order valence-corrected chi connectivity index (χ4v) is 3.18. The molecule has 0 bridgehead atoms. The second-order valence-corrected chi connectivity index (χ2v) is 6.60. The van der Waals surface area contributed by atoms with Crippen LogP contribution in [0.15, 0.2) is 36.4 Å². The summed E-state index contributed by atoms with van der Waals surface area (Å²) in [5.41, 5.74) is 2.05. The smallest absolute Gasteiger partial charge is 0.276 e. The van der Waals surface area contributed by atoms with Gasteiger partial charge in [-0.25, -0.2) is 0 Å². The molecule has 1 N–H and O–H groups in total. The first-order chi connectivity index (χ1) is 13.0. The standard InChI is InChI=1S/C19H22N2O5S/c1-25-17-10-14(16(21(23)24)11-18(17)26-2)7-8-20-19(22)15-6-4-5-13(9-15)12-27-3/h4-6,9-11H,7-8,12H2,1-3H3,(H,20,22). The Balaban J connectivity index is 2.09. The van der Waals surface area contributed by atoms with E-state index in [0.29, 0.717) is 29.0 Å². The molecule has 0 heterocycles. The number of ether oxygens (including phenoxy) is 2. The molecule has 2 aromatic carbocycles. The van der Waals surface area contributed by atoms with Gasteiger partial charge in [-0.1, -0.05) is 12.1 Å². The van der Waals surface area contributed by atoms with Crippen LogP contribution >= 0.6 is 11.8 Å². The fraction of sp³-hybridized carbons (Fsp3) is 0.316. The number of carbonyl (C=O) groups is 1. The largest absolute Gasteiger partial charge is 0.493 e. The summed E-state index contributed by atoms with van der Waals surface area (Å²) in [7, 11) is 2.89. The van der Waals surface area contributed by atoms with Crippen molar-refractivity contribution in [2.45, 2.75) is 12.2 Å². The average molecular weight is 390 g/mol. The van der Waals surface area contributed by atoms with E-state index in [4.69, 9.17) is 9.47 Å². The second kappa shape index (κ2) is 9.82. The van der Waals surface area contributed by atoms with Crippen molar-refractivity contribution in [2.75, 3.05) is 27.0 Å². The van der Waals surface area contributed by atoms with E-state index in [1.165, 1.54) is 20.3 Å². The van der Waals surface area contributed by atoms with E-state index in [1.807, 2.05) is 24.5 Å². The molecule has 0 aliphatic carbocycles. The van der Waals surface area contributed by atoms with Gasteiger partial charge < -0.3 is 14.8 Å². The van der Waals surface area contributed by atoms with E-state index < -0.39 is 4.92 Å². The van der Waals surface area contributed by atoms with Gasteiger partial charge >= 0.3 is 0 Å². The van der Waals surface area contributed by atoms with Gasteiger partial charge in [-0.3, -0.25) is 14.9 Å². The van der Waals surface area contributed by atoms with Crippen molar-refractivity contribution in [3.8, 4) is 11.5 Å². The third kappa shape index (κ3) is 5.37. The number of carbonyl (C=O) groups excluding carboxylic acids is 1. The van der Waals surface area contributed by atoms with E-state index in [0.717, 1.165) is 11.3 Å². The zero-order valence-electron chi connectivity index (χ0n) is 15.5. The quantitative estimate of drug-likeness (QED) is 0.521. The van der Waals surface area contributed by atoms with E-state index in [-0.39, 0.29) is 18.1 Å². The van der Waals surface area contributed by atoms with Crippen molar-refractivity contribution in [3.05, 3.63) is 63.2 Å². The zero-order chi connectivity index (χ0) is 19.8. The van der Waals surface area contributed by atoms with E-state index >= 15 is 0 Å². The molecule has 1 amide bonds. The Morgan fingerprint density at radius 3 is 2.52 bits per heavy atom. The third-order valence-corrected chi connectivity index (χ3v) is 4.58. The monoisotopic (exact) mass is 390 g/mol. The number of nitro groups is 1. The lowest BCUT2D eigenvalue weighted by molar-refractivity contribution is -0.385. The molecule has 0 unspecified atom stereocenters. The van der Waals surface area contributed by atoms with Crippen LogP contribution in [0.25, 0.3) is 0 Å². The topological polar surface area (TPSA) is 90.7 Å². The molecular weight excluding hydrogens is 368 g/mol. The van der Waals surface area contributed by atoms with Crippen LogP contribution in [0.4, 0.5) is 5.69 Å². The van der Waals surface area contributed by atoms with Crippen LogP contribution in [0.2, 0.25) is 0 Å². The number of hydrogen-bond acceptors (Lipinski definition) is 6. The van der Waals surface area contributed by atoms with Crippen LogP contribution in [0.5, 0.6) is 11.5 Å². The molecule has 2 aromatic rings. The molecule has 0 atom stereocenters. The molecule has 0 spiro atoms. The molecule has 0 aliphatic heterocycles. The first-order valence-corrected chi connectivity index (χ1v) is 9.65. The van der Waals surface area contributed by atoms with Crippen LogP contribution in [0.3, 0.4) is 0 Å². The van der Waals surface area contributed by atoms with Crippen molar-refractivity contribution in [1.82, 2.24) is 5.32 Å². The highest BCUT2D eigenvalue weighted by Gasteiger charge is 2.19. The van der Waals surface area contributed by atoms with Gasteiger partial charge in [0.2, 0.25) is 0 Å². The van der Waals surface area contributed by atoms with Crippen LogP contribution < -0.4 is 14.8 Å². The molecule has 7 nitrogen and oxygen atoms in total. The molecule has 0 fully saturated rings. The summed E-state index contributed by atoms with van der Waals surface area (Å²) >= 11 is 1.68. The molecular formula is C19H22N2O5S. The maximum atomic E-state index is 12.3. The van der Waals surface area contributed by atoms with Crippen LogP contribution in [-0.4, -0.2) is 37.9 Å². The summed E-state index contributed by atoms with van der Waals surface area (Å²) in [5, 5.41) is 14.1. The minimum Gasteiger partial charge on any atom is -0.493 e. The first-order valence-electron chi connectivity index (χ1n) is 8.25. The van der Waals surface area contributed by atoms with Crippen LogP contribution in [0.1, 0.15) is 21.5 Å². The molecule has 0 aromatic heterocycles. The Hall–Kier alpha value is -2.74. The summed E-state index contributed by atoms with van der Waals surface area (Å²) in [6, 6.07) is 10.3. The number of nitrogens with one attached hydrogen (secondary N) is 1. The number of methoxy groups -OCH3 is 2. The number of rotatable bonds is 9. The summed E-state index contributed by atoms with van der Waals surface area (Å²) in [6.45, 7) is 0.266. The van der Waals surface area contributed by atoms with Gasteiger partial charge in [0.05, 0.1) is 25.2 Å².